The van der Waals surface area contributed by atoms with E-state index < -0.39 is 28.9 Å². The van der Waals surface area contributed by atoms with Crippen LogP contribution in [0.25, 0.3) is 0 Å². The molecule has 152 valence electrons. The van der Waals surface area contributed by atoms with Gasteiger partial charge in [-0.3, -0.25) is 20.2 Å². The van der Waals surface area contributed by atoms with Gasteiger partial charge in [-0.15, -0.1) is 0 Å². The van der Waals surface area contributed by atoms with Crippen molar-refractivity contribution in [1.82, 2.24) is 10.6 Å². The molecule has 0 aliphatic heterocycles. The van der Waals surface area contributed by atoms with Crippen molar-refractivity contribution in [3.8, 4) is 0 Å². The van der Waals surface area contributed by atoms with E-state index in [4.69, 9.17) is 4.74 Å². The number of ether oxygens (including phenoxy) is 1. The highest BCUT2D eigenvalue weighted by Crippen LogP contribution is 2.29. The normalized spacial score (nSPS) is 11.1. The van der Waals surface area contributed by atoms with Gasteiger partial charge < -0.3 is 15.0 Å². The van der Waals surface area contributed by atoms with Crippen LogP contribution < -0.4 is 15.5 Å². The average molecular weight is 400 g/mol. The first-order chi connectivity index (χ1) is 13.7. The molecule has 1 unspecified atom stereocenters. The summed E-state index contributed by atoms with van der Waals surface area (Å²) < 4.78 is 5.30. The van der Waals surface area contributed by atoms with Crippen LogP contribution in [0.4, 0.5) is 16.2 Å². The van der Waals surface area contributed by atoms with E-state index in [1.807, 2.05) is 0 Å². The Bertz CT molecular complexity index is 930. The van der Waals surface area contributed by atoms with Gasteiger partial charge in [0.05, 0.1) is 10.5 Å². The summed E-state index contributed by atoms with van der Waals surface area (Å²) in [4.78, 5) is 48.8. The second-order valence-corrected chi connectivity index (χ2v) is 6.12. The minimum atomic E-state index is -1.42. The Morgan fingerprint density at radius 3 is 2.31 bits per heavy atom. The first-order valence-corrected chi connectivity index (χ1v) is 8.49. The van der Waals surface area contributed by atoms with E-state index in [1.165, 1.54) is 24.1 Å². The number of carbonyl (C=O) groups is 3. The number of nitro benzene ring substituents is 1. The molecule has 10 nitrogen and oxygen atoms in total. The summed E-state index contributed by atoms with van der Waals surface area (Å²) in [6.07, 6.45) is -1.42. The summed E-state index contributed by atoms with van der Waals surface area (Å²) in [5.41, 5.74) is 0.261. The number of urea groups is 1. The molecule has 0 heterocycles. The molecule has 0 radical (unpaired) electrons. The van der Waals surface area contributed by atoms with Crippen LogP contribution in [-0.2, 0) is 9.53 Å². The number of nitrogens with zero attached hydrogens (tertiary/aromatic N) is 2. The van der Waals surface area contributed by atoms with Crippen LogP contribution in [0, 0.1) is 10.1 Å². The Kier molecular flexibility index (Phi) is 6.85. The van der Waals surface area contributed by atoms with E-state index >= 15 is 0 Å². The van der Waals surface area contributed by atoms with Crippen LogP contribution in [0.2, 0.25) is 0 Å². The Morgan fingerprint density at radius 1 is 1.10 bits per heavy atom. The zero-order chi connectivity index (χ0) is 21.6. The van der Waals surface area contributed by atoms with Crippen molar-refractivity contribution in [2.75, 3.05) is 26.0 Å². The lowest BCUT2D eigenvalue weighted by atomic mass is 10.1. The van der Waals surface area contributed by atoms with Crippen LogP contribution in [0.15, 0.2) is 48.5 Å². The Labute approximate surface area is 166 Å². The summed E-state index contributed by atoms with van der Waals surface area (Å²) in [5, 5.41) is 15.6. The van der Waals surface area contributed by atoms with Crippen LogP contribution >= 0.6 is 0 Å². The third-order valence-corrected chi connectivity index (χ3v) is 3.92. The first kappa shape index (κ1) is 21.4. The van der Waals surface area contributed by atoms with E-state index in [9.17, 15) is 24.5 Å². The van der Waals surface area contributed by atoms with Gasteiger partial charge in [-0.2, -0.15) is 0 Å². The molecule has 0 bridgehead atoms. The van der Waals surface area contributed by atoms with E-state index in [0.29, 0.717) is 11.3 Å². The van der Waals surface area contributed by atoms with Crippen LogP contribution in [0.3, 0.4) is 0 Å². The fourth-order valence-corrected chi connectivity index (χ4v) is 2.49. The molecule has 0 fully saturated rings. The van der Waals surface area contributed by atoms with Gasteiger partial charge in [-0.05, 0) is 12.1 Å². The summed E-state index contributed by atoms with van der Waals surface area (Å²) in [5.74, 6) is -1.80. The number of nitro groups is 1. The van der Waals surface area contributed by atoms with Crippen molar-refractivity contribution in [2.45, 2.75) is 6.10 Å². The molecular formula is C19H20N4O6. The Balaban J connectivity index is 2.34. The largest absolute Gasteiger partial charge is 0.444 e. The molecule has 0 aliphatic carbocycles. The fraction of sp³-hybridized carbons (Fsp3) is 0.211. The van der Waals surface area contributed by atoms with Crippen molar-refractivity contribution in [3.05, 3.63) is 69.8 Å². The zero-order valence-corrected chi connectivity index (χ0v) is 16.0. The molecule has 2 aromatic rings. The lowest BCUT2D eigenvalue weighted by molar-refractivity contribution is -0.384. The molecule has 10 heteroatoms. The molecule has 2 aromatic carbocycles. The van der Waals surface area contributed by atoms with Gasteiger partial charge >= 0.3 is 12.0 Å². The maximum Gasteiger partial charge on any atom is 0.339 e. The van der Waals surface area contributed by atoms with E-state index in [0.717, 1.165) is 6.07 Å². The SMILES string of the molecule is CNC(=O)NC(=O)C(OC(=O)c1ccc(N(C)C)c([N+](=O)[O-])c1)c1ccccc1. The van der Waals surface area contributed by atoms with Gasteiger partial charge in [0.25, 0.3) is 11.6 Å². The molecule has 0 saturated carbocycles. The number of hydrogen-bond donors (Lipinski definition) is 2. The molecule has 0 spiro atoms. The van der Waals surface area contributed by atoms with Gasteiger partial charge in [0.15, 0.2) is 0 Å². The molecule has 2 N–H and O–H groups in total. The molecule has 0 aliphatic rings. The quantitative estimate of drug-likeness (QED) is 0.431. The number of carbonyl (C=O) groups excluding carboxylic acids is 3. The number of imide groups is 1. The molecular weight excluding hydrogens is 380 g/mol. The minimum Gasteiger partial charge on any atom is -0.444 e. The number of anilines is 1. The third kappa shape index (κ3) is 5.28. The van der Waals surface area contributed by atoms with Crippen LogP contribution in [0.1, 0.15) is 22.0 Å². The standard InChI is InChI=1S/C19H20N4O6/c1-20-19(26)21-17(24)16(12-7-5-4-6-8-12)29-18(25)13-9-10-14(22(2)3)15(11-13)23(27)28/h4-11,16H,1-3H3,(H2,20,21,24,26). The third-order valence-electron chi connectivity index (χ3n) is 3.92. The predicted molar refractivity (Wildman–Crippen MR) is 105 cm³/mol. The zero-order valence-electron chi connectivity index (χ0n) is 16.0. The summed E-state index contributed by atoms with van der Waals surface area (Å²) >= 11 is 0. The highest BCUT2D eigenvalue weighted by atomic mass is 16.6. The number of nitrogens with one attached hydrogen (secondary N) is 2. The Hall–Kier alpha value is -3.95. The molecule has 1 atom stereocenters. The average Bonchev–Trinajstić information content (AvgIpc) is 2.71. The van der Waals surface area contributed by atoms with Gasteiger partial charge in [0.2, 0.25) is 6.10 Å². The van der Waals surface area contributed by atoms with Crippen LogP contribution in [0.5, 0.6) is 0 Å². The fourth-order valence-electron chi connectivity index (χ4n) is 2.49. The van der Waals surface area contributed by atoms with Crippen molar-refractivity contribution in [3.63, 3.8) is 0 Å². The lowest BCUT2D eigenvalue weighted by Crippen LogP contribution is -2.41. The van der Waals surface area contributed by atoms with E-state index in [-0.39, 0.29) is 11.3 Å². The molecule has 2 rings (SSSR count). The highest BCUT2D eigenvalue weighted by Gasteiger charge is 2.28. The number of hydrogen-bond acceptors (Lipinski definition) is 7. The highest BCUT2D eigenvalue weighted by molar-refractivity contribution is 5.99. The van der Waals surface area contributed by atoms with Crippen molar-refractivity contribution >= 4 is 29.3 Å². The number of esters is 1. The van der Waals surface area contributed by atoms with Crippen molar-refractivity contribution in [1.29, 1.82) is 0 Å². The Morgan fingerprint density at radius 2 is 1.76 bits per heavy atom. The molecule has 3 amide bonds. The maximum atomic E-state index is 12.6. The first-order valence-electron chi connectivity index (χ1n) is 8.49. The van der Waals surface area contributed by atoms with E-state index in [2.05, 4.69) is 10.6 Å². The number of benzene rings is 2. The minimum absolute atomic E-state index is 0.101. The van der Waals surface area contributed by atoms with Gasteiger partial charge in [0.1, 0.15) is 5.69 Å². The molecule has 0 saturated heterocycles. The predicted octanol–water partition coefficient (Wildman–Crippen LogP) is 2.01. The van der Waals surface area contributed by atoms with Gasteiger partial charge in [-0.1, -0.05) is 30.3 Å². The summed E-state index contributed by atoms with van der Waals surface area (Å²) in [6, 6.07) is 11.2. The topological polar surface area (TPSA) is 131 Å². The van der Waals surface area contributed by atoms with Crippen LogP contribution in [-0.4, -0.2) is 44.0 Å². The van der Waals surface area contributed by atoms with Crippen molar-refractivity contribution < 1.29 is 24.0 Å². The van der Waals surface area contributed by atoms with E-state index in [1.54, 1.807) is 44.4 Å². The summed E-state index contributed by atoms with van der Waals surface area (Å²) in [6.45, 7) is 0. The second-order valence-electron chi connectivity index (χ2n) is 6.12. The van der Waals surface area contributed by atoms with Crippen molar-refractivity contribution in [2.24, 2.45) is 0 Å². The van der Waals surface area contributed by atoms with Gasteiger partial charge in [0, 0.05) is 32.8 Å². The maximum absolute atomic E-state index is 12.6. The summed E-state index contributed by atoms with van der Waals surface area (Å²) in [7, 11) is 4.60. The number of amides is 3. The lowest BCUT2D eigenvalue weighted by Gasteiger charge is -2.18. The molecule has 29 heavy (non-hydrogen) atoms. The second kappa shape index (κ2) is 9.31. The van der Waals surface area contributed by atoms with Gasteiger partial charge in [-0.25, -0.2) is 9.59 Å². The molecule has 0 aromatic heterocycles. The smallest absolute Gasteiger partial charge is 0.339 e. The number of rotatable bonds is 6. The monoisotopic (exact) mass is 400 g/mol.